The quantitative estimate of drug-likeness (QED) is 0.598. The Morgan fingerprint density at radius 1 is 1.46 bits per heavy atom. The summed E-state index contributed by atoms with van der Waals surface area (Å²) < 4.78 is 4.61. The molecule has 2 aliphatic rings. The van der Waals surface area contributed by atoms with Crippen molar-refractivity contribution in [1.29, 1.82) is 0 Å². The fraction of sp³-hybridized carbons (Fsp3) is 0.111. The first-order chi connectivity index (χ1) is 6.20. The lowest BCUT2D eigenvalue weighted by Gasteiger charge is -2.03. The number of hydrogen-bond acceptors (Lipinski definition) is 3. The van der Waals surface area contributed by atoms with Gasteiger partial charge in [0, 0.05) is 5.57 Å². The SMILES string of the molecule is O=C(O)C1=C2C=CC=CC2C(=O)O1. The molecule has 1 unspecified atom stereocenters. The van der Waals surface area contributed by atoms with Crippen molar-refractivity contribution in [3.05, 3.63) is 35.6 Å². The fourth-order valence-electron chi connectivity index (χ4n) is 1.35. The predicted molar refractivity (Wildman–Crippen MR) is 42.5 cm³/mol. The average Bonchev–Trinajstić information content (AvgIpc) is 2.45. The number of carbonyl (C=O) groups excluding carboxylic acids is 1. The highest BCUT2D eigenvalue weighted by atomic mass is 16.6. The van der Waals surface area contributed by atoms with Crippen molar-refractivity contribution < 1.29 is 19.4 Å². The third-order valence-electron chi connectivity index (χ3n) is 1.94. The van der Waals surface area contributed by atoms with Crippen molar-refractivity contribution in [2.75, 3.05) is 0 Å². The molecule has 0 spiro atoms. The average molecular weight is 178 g/mol. The van der Waals surface area contributed by atoms with E-state index < -0.39 is 17.9 Å². The molecule has 1 N–H and O–H groups in total. The Hall–Kier alpha value is -1.84. The third kappa shape index (κ3) is 1.07. The summed E-state index contributed by atoms with van der Waals surface area (Å²) in [5.74, 6) is -2.51. The largest absolute Gasteiger partial charge is 0.475 e. The minimum atomic E-state index is -1.20. The summed E-state index contributed by atoms with van der Waals surface area (Å²) in [6, 6.07) is 0. The van der Waals surface area contributed by atoms with Gasteiger partial charge < -0.3 is 9.84 Å². The summed E-state index contributed by atoms with van der Waals surface area (Å²) in [4.78, 5) is 21.7. The highest BCUT2D eigenvalue weighted by molar-refractivity contribution is 5.96. The summed E-state index contributed by atoms with van der Waals surface area (Å²) in [6.45, 7) is 0. The molecule has 1 aliphatic heterocycles. The zero-order valence-electron chi connectivity index (χ0n) is 6.56. The van der Waals surface area contributed by atoms with Gasteiger partial charge in [0.1, 0.15) is 5.92 Å². The van der Waals surface area contributed by atoms with E-state index in [-0.39, 0.29) is 5.76 Å². The molecule has 0 aromatic heterocycles. The number of rotatable bonds is 1. The number of carboxylic acid groups (broad SMARTS) is 1. The van der Waals surface area contributed by atoms with Crippen molar-refractivity contribution in [2.45, 2.75) is 0 Å². The standard InChI is InChI=1S/C9H6O4/c10-8(11)7-5-3-1-2-4-6(5)9(12)13-7/h1-4,6H,(H,10,11). The first kappa shape index (κ1) is 7.79. The van der Waals surface area contributed by atoms with Crippen LogP contribution in [0.2, 0.25) is 0 Å². The summed E-state index contributed by atoms with van der Waals surface area (Å²) in [5.41, 5.74) is 0.431. The van der Waals surface area contributed by atoms with Crippen LogP contribution in [-0.2, 0) is 14.3 Å². The van der Waals surface area contributed by atoms with E-state index in [1.54, 1.807) is 24.3 Å². The van der Waals surface area contributed by atoms with Crippen LogP contribution in [0.4, 0.5) is 0 Å². The first-order valence-corrected chi connectivity index (χ1v) is 3.74. The number of hydrogen-bond donors (Lipinski definition) is 1. The number of allylic oxidation sites excluding steroid dienone is 3. The van der Waals surface area contributed by atoms with Gasteiger partial charge in [0.15, 0.2) is 0 Å². The second-order valence-electron chi connectivity index (χ2n) is 2.73. The summed E-state index contributed by atoms with van der Waals surface area (Å²) in [5, 5.41) is 8.68. The molecule has 1 aliphatic carbocycles. The molecule has 1 atom stereocenters. The third-order valence-corrected chi connectivity index (χ3v) is 1.94. The summed E-state index contributed by atoms with van der Waals surface area (Å²) >= 11 is 0. The molecule has 0 aromatic carbocycles. The van der Waals surface area contributed by atoms with E-state index in [1.807, 2.05) is 0 Å². The number of cyclic esters (lactones) is 1. The molecule has 1 heterocycles. The van der Waals surface area contributed by atoms with Gasteiger partial charge in [-0.05, 0) is 0 Å². The number of aliphatic carboxylic acids is 1. The van der Waals surface area contributed by atoms with E-state index in [4.69, 9.17) is 5.11 Å². The minimum Gasteiger partial charge on any atom is -0.475 e. The van der Waals surface area contributed by atoms with Crippen LogP contribution >= 0.6 is 0 Å². The Morgan fingerprint density at radius 2 is 2.23 bits per heavy atom. The molecule has 13 heavy (non-hydrogen) atoms. The number of esters is 1. The van der Waals surface area contributed by atoms with Crippen LogP contribution in [0.15, 0.2) is 35.6 Å². The van der Waals surface area contributed by atoms with Crippen molar-refractivity contribution in [3.63, 3.8) is 0 Å². The lowest BCUT2D eigenvalue weighted by molar-refractivity contribution is -0.146. The molecule has 4 heteroatoms. The van der Waals surface area contributed by atoms with Crippen LogP contribution in [0.3, 0.4) is 0 Å². The van der Waals surface area contributed by atoms with E-state index in [9.17, 15) is 9.59 Å². The fourth-order valence-corrected chi connectivity index (χ4v) is 1.35. The van der Waals surface area contributed by atoms with Crippen LogP contribution in [0, 0.1) is 5.92 Å². The van der Waals surface area contributed by atoms with Crippen LogP contribution in [0.25, 0.3) is 0 Å². The first-order valence-electron chi connectivity index (χ1n) is 3.74. The molecular formula is C9H6O4. The lowest BCUT2D eigenvalue weighted by Crippen LogP contribution is -2.09. The molecule has 0 saturated carbocycles. The molecule has 2 rings (SSSR count). The van der Waals surface area contributed by atoms with E-state index >= 15 is 0 Å². The molecule has 0 fully saturated rings. The highest BCUT2D eigenvalue weighted by Gasteiger charge is 2.36. The number of fused-ring (bicyclic) bond motifs is 1. The predicted octanol–water partition coefficient (Wildman–Crippen LogP) is 0.624. The zero-order valence-corrected chi connectivity index (χ0v) is 6.56. The number of carboxylic acids is 1. The second kappa shape index (κ2) is 2.58. The van der Waals surface area contributed by atoms with Crippen molar-refractivity contribution >= 4 is 11.9 Å². The van der Waals surface area contributed by atoms with Crippen LogP contribution in [0.1, 0.15) is 0 Å². The van der Waals surface area contributed by atoms with Gasteiger partial charge in [-0.15, -0.1) is 0 Å². The Balaban J connectivity index is 2.48. The van der Waals surface area contributed by atoms with Gasteiger partial charge in [0.2, 0.25) is 5.76 Å². The Kier molecular flexibility index (Phi) is 1.55. The van der Waals surface area contributed by atoms with E-state index in [0.29, 0.717) is 5.57 Å². The van der Waals surface area contributed by atoms with Crippen LogP contribution < -0.4 is 0 Å². The van der Waals surface area contributed by atoms with Crippen molar-refractivity contribution in [1.82, 2.24) is 0 Å². The van der Waals surface area contributed by atoms with Crippen LogP contribution in [-0.4, -0.2) is 17.0 Å². The minimum absolute atomic E-state index is 0.254. The highest BCUT2D eigenvalue weighted by Crippen LogP contribution is 2.31. The number of ether oxygens (including phenoxy) is 1. The molecule has 0 radical (unpaired) electrons. The van der Waals surface area contributed by atoms with E-state index in [0.717, 1.165) is 0 Å². The molecule has 0 saturated heterocycles. The molecule has 66 valence electrons. The zero-order chi connectivity index (χ0) is 9.42. The number of carbonyl (C=O) groups is 2. The van der Waals surface area contributed by atoms with E-state index in [1.165, 1.54) is 0 Å². The van der Waals surface area contributed by atoms with Crippen molar-refractivity contribution in [2.24, 2.45) is 5.92 Å². The lowest BCUT2D eigenvalue weighted by atomic mass is 9.96. The van der Waals surface area contributed by atoms with Gasteiger partial charge in [-0.1, -0.05) is 24.3 Å². The molecular weight excluding hydrogens is 172 g/mol. The smallest absolute Gasteiger partial charge is 0.372 e. The molecule has 4 nitrogen and oxygen atoms in total. The second-order valence-corrected chi connectivity index (χ2v) is 2.73. The maximum absolute atomic E-state index is 11.1. The molecule has 0 amide bonds. The van der Waals surface area contributed by atoms with Gasteiger partial charge in [-0.3, -0.25) is 4.79 Å². The monoisotopic (exact) mass is 178 g/mol. The summed E-state index contributed by atoms with van der Waals surface area (Å²) in [7, 11) is 0. The van der Waals surface area contributed by atoms with Gasteiger partial charge in [-0.2, -0.15) is 0 Å². The normalized spacial score (nSPS) is 24.6. The molecule has 0 aromatic rings. The maximum atomic E-state index is 11.1. The Bertz CT molecular complexity index is 373. The molecule has 0 bridgehead atoms. The van der Waals surface area contributed by atoms with Gasteiger partial charge in [0.05, 0.1) is 0 Å². The van der Waals surface area contributed by atoms with Crippen molar-refractivity contribution in [3.8, 4) is 0 Å². The topological polar surface area (TPSA) is 63.6 Å². The summed E-state index contributed by atoms with van der Waals surface area (Å²) in [6.07, 6.45) is 6.57. The van der Waals surface area contributed by atoms with Gasteiger partial charge in [0.25, 0.3) is 0 Å². The van der Waals surface area contributed by atoms with Crippen LogP contribution in [0.5, 0.6) is 0 Å². The van der Waals surface area contributed by atoms with Gasteiger partial charge in [-0.25, -0.2) is 4.79 Å². The van der Waals surface area contributed by atoms with E-state index in [2.05, 4.69) is 4.74 Å². The van der Waals surface area contributed by atoms with Gasteiger partial charge >= 0.3 is 11.9 Å². The Labute approximate surface area is 73.8 Å². The Morgan fingerprint density at radius 3 is 2.92 bits per heavy atom. The maximum Gasteiger partial charge on any atom is 0.372 e.